The topological polar surface area (TPSA) is 151 Å². The van der Waals surface area contributed by atoms with Gasteiger partial charge in [-0.25, -0.2) is 4.79 Å². The Morgan fingerprint density at radius 1 is 1.06 bits per heavy atom. The zero-order valence-corrected chi connectivity index (χ0v) is 22.5. The SMILES string of the molecule is CCc1ccc(C(C(=O)NC(C)(C)C)N(CCO)C(=O)C(CCC(N)=O)NC(=O)OC(C)(C)C)cc1. The summed E-state index contributed by atoms with van der Waals surface area (Å²) in [5.74, 6) is -1.74. The minimum absolute atomic E-state index is 0.0995. The number of benzene rings is 1. The second kappa shape index (κ2) is 13.2. The Kier molecular flexibility index (Phi) is 11.4. The molecule has 4 amide bonds. The largest absolute Gasteiger partial charge is 0.444 e. The first kappa shape index (κ1) is 30.9. The van der Waals surface area contributed by atoms with Crippen molar-refractivity contribution in [1.29, 1.82) is 0 Å². The number of ether oxygens (including phenoxy) is 1. The molecule has 1 rings (SSSR count). The molecule has 2 unspecified atom stereocenters. The molecule has 5 N–H and O–H groups in total. The summed E-state index contributed by atoms with van der Waals surface area (Å²) in [6.07, 6.45) is -0.328. The van der Waals surface area contributed by atoms with Gasteiger partial charge in [-0.15, -0.1) is 0 Å². The lowest BCUT2D eigenvalue weighted by atomic mass is 9.98. The average Bonchev–Trinajstić information content (AvgIpc) is 2.73. The first-order chi connectivity index (χ1) is 16.6. The highest BCUT2D eigenvalue weighted by atomic mass is 16.6. The highest BCUT2D eigenvalue weighted by Crippen LogP contribution is 2.25. The van der Waals surface area contributed by atoms with E-state index in [9.17, 15) is 24.3 Å². The number of nitrogens with two attached hydrogens (primary N) is 1. The van der Waals surface area contributed by atoms with Crippen LogP contribution in [0, 0.1) is 0 Å². The van der Waals surface area contributed by atoms with Gasteiger partial charge < -0.3 is 31.1 Å². The van der Waals surface area contributed by atoms with Gasteiger partial charge in [0, 0.05) is 18.5 Å². The van der Waals surface area contributed by atoms with E-state index >= 15 is 0 Å². The summed E-state index contributed by atoms with van der Waals surface area (Å²) < 4.78 is 5.28. The van der Waals surface area contributed by atoms with Gasteiger partial charge >= 0.3 is 6.09 Å². The third kappa shape index (κ3) is 10.6. The van der Waals surface area contributed by atoms with Gasteiger partial charge in [0.25, 0.3) is 0 Å². The molecule has 0 aliphatic heterocycles. The van der Waals surface area contributed by atoms with Crippen molar-refractivity contribution in [2.45, 2.75) is 91.0 Å². The Labute approximate surface area is 213 Å². The molecule has 2 atom stereocenters. The molecule has 0 saturated heterocycles. The van der Waals surface area contributed by atoms with Crippen LogP contribution in [0.1, 0.15) is 78.5 Å². The van der Waals surface area contributed by atoms with E-state index in [1.54, 1.807) is 32.9 Å². The summed E-state index contributed by atoms with van der Waals surface area (Å²) in [6.45, 7) is 11.9. The number of hydrogen-bond acceptors (Lipinski definition) is 6. The zero-order valence-electron chi connectivity index (χ0n) is 22.5. The number of hydrogen-bond donors (Lipinski definition) is 4. The normalized spacial score (nSPS) is 13.3. The maximum Gasteiger partial charge on any atom is 0.408 e. The van der Waals surface area contributed by atoms with Gasteiger partial charge in [0.15, 0.2) is 0 Å². The van der Waals surface area contributed by atoms with E-state index in [1.165, 1.54) is 4.90 Å². The van der Waals surface area contributed by atoms with Crippen molar-refractivity contribution in [3.63, 3.8) is 0 Å². The molecule has 0 aliphatic carbocycles. The third-order valence-corrected chi connectivity index (χ3v) is 5.05. The smallest absolute Gasteiger partial charge is 0.408 e. The maximum atomic E-state index is 13.8. The summed E-state index contributed by atoms with van der Waals surface area (Å²) in [4.78, 5) is 52.4. The number of nitrogens with zero attached hydrogens (tertiary/aromatic N) is 1. The number of carbonyl (C=O) groups is 4. The first-order valence-electron chi connectivity index (χ1n) is 12.2. The van der Waals surface area contributed by atoms with Crippen molar-refractivity contribution >= 4 is 23.8 Å². The molecule has 0 aromatic heterocycles. The van der Waals surface area contributed by atoms with Crippen molar-refractivity contribution < 1.29 is 29.0 Å². The second-order valence-electron chi connectivity index (χ2n) is 10.7. The van der Waals surface area contributed by atoms with Gasteiger partial charge in [0.2, 0.25) is 17.7 Å². The summed E-state index contributed by atoms with van der Waals surface area (Å²) in [7, 11) is 0. The van der Waals surface area contributed by atoms with Crippen LogP contribution in [-0.4, -0.2) is 64.2 Å². The Balaban J connectivity index is 3.47. The summed E-state index contributed by atoms with van der Waals surface area (Å²) in [5, 5.41) is 15.2. The predicted molar refractivity (Wildman–Crippen MR) is 137 cm³/mol. The van der Waals surface area contributed by atoms with Crippen molar-refractivity contribution in [3.05, 3.63) is 35.4 Å². The predicted octanol–water partition coefficient (Wildman–Crippen LogP) is 2.18. The number of primary amides is 1. The Morgan fingerprint density at radius 3 is 2.08 bits per heavy atom. The van der Waals surface area contributed by atoms with E-state index in [0.717, 1.165) is 12.0 Å². The van der Waals surface area contributed by atoms with Crippen LogP contribution in [0.25, 0.3) is 0 Å². The lowest BCUT2D eigenvalue weighted by Crippen LogP contribution is -2.55. The van der Waals surface area contributed by atoms with Crippen LogP contribution >= 0.6 is 0 Å². The molecule has 10 nitrogen and oxygen atoms in total. The van der Waals surface area contributed by atoms with Crippen LogP contribution in [0.3, 0.4) is 0 Å². The molecule has 0 radical (unpaired) electrons. The molecule has 1 aromatic carbocycles. The minimum Gasteiger partial charge on any atom is -0.444 e. The fraction of sp³-hybridized carbons (Fsp3) is 0.615. The quantitative estimate of drug-likeness (QED) is 0.361. The molecule has 36 heavy (non-hydrogen) atoms. The fourth-order valence-electron chi connectivity index (χ4n) is 3.51. The lowest BCUT2D eigenvalue weighted by molar-refractivity contribution is -0.143. The number of rotatable bonds is 11. The van der Waals surface area contributed by atoms with Crippen LogP contribution in [0.4, 0.5) is 4.79 Å². The van der Waals surface area contributed by atoms with Gasteiger partial charge in [-0.2, -0.15) is 0 Å². The number of alkyl carbamates (subject to hydrolysis) is 1. The van der Waals surface area contributed by atoms with E-state index in [0.29, 0.717) is 5.56 Å². The average molecular weight is 507 g/mol. The third-order valence-electron chi connectivity index (χ3n) is 5.05. The number of carbonyl (C=O) groups excluding carboxylic acids is 4. The van der Waals surface area contributed by atoms with Crippen LogP contribution in [0.5, 0.6) is 0 Å². The number of aliphatic hydroxyl groups is 1. The number of nitrogens with one attached hydrogen (secondary N) is 2. The molecule has 0 bridgehead atoms. The van der Waals surface area contributed by atoms with Gasteiger partial charge in [-0.1, -0.05) is 31.2 Å². The van der Waals surface area contributed by atoms with Crippen LogP contribution in [-0.2, 0) is 25.5 Å². The summed E-state index contributed by atoms with van der Waals surface area (Å²) in [5.41, 5.74) is 5.48. The number of amides is 4. The molecular formula is C26H42N4O6. The van der Waals surface area contributed by atoms with E-state index < -0.39 is 53.6 Å². The van der Waals surface area contributed by atoms with Crippen LogP contribution < -0.4 is 16.4 Å². The van der Waals surface area contributed by atoms with Crippen LogP contribution in [0.15, 0.2) is 24.3 Å². The second-order valence-corrected chi connectivity index (χ2v) is 10.7. The highest BCUT2D eigenvalue weighted by Gasteiger charge is 2.37. The standard InChI is InChI=1S/C26H42N4O6/c1-8-17-9-11-18(12-10-17)21(22(33)29-25(2,3)4)30(15-16-31)23(34)19(13-14-20(27)32)28-24(35)36-26(5,6)7/h9-12,19,21,31H,8,13-16H2,1-7H3,(H2,27,32)(H,28,35)(H,29,33). The maximum absolute atomic E-state index is 13.8. The molecular weight excluding hydrogens is 464 g/mol. The molecule has 0 saturated carbocycles. The number of aryl methyl sites for hydroxylation is 1. The van der Waals surface area contributed by atoms with Crippen LogP contribution in [0.2, 0.25) is 0 Å². The molecule has 10 heteroatoms. The summed E-state index contributed by atoms with van der Waals surface area (Å²) >= 11 is 0. The van der Waals surface area contributed by atoms with Gasteiger partial charge in [-0.3, -0.25) is 14.4 Å². The van der Waals surface area contributed by atoms with Crippen molar-refractivity contribution in [3.8, 4) is 0 Å². The molecule has 0 aliphatic rings. The number of aliphatic hydroxyl groups excluding tert-OH is 1. The summed E-state index contributed by atoms with van der Waals surface area (Å²) in [6, 6.07) is 4.98. The lowest BCUT2D eigenvalue weighted by Gasteiger charge is -2.35. The Morgan fingerprint density at radius 2 is 1.64 bits per heavy atom. The van der Waals surface area contributed by atoms with Crippen molar-refractivity contribution in [2.75, 3.05) is 13.2 Å². The van der Waals surface area contributed by atoms with E-state index in [4.69, 9.17) is 10.5 Å². The van der Waals surface area contributed by atoms with E-state index in [2.05, 4.69) is 10.6 Å². The van der Waals surface area contributed by atoms with Crippen molar-refractivity contribution in [1.82, 2.24) is 15.5 Å². The van der Waals surface area contributed by atoms with Crippen molar-refractivity contribution in [2.24, 2.45) is 5.73 Å². The molecule has 0 spiro atoms. The molecule has 202 valence electrons. The molecule has 0 fully saturated rings. The van der Waals surface area contributed by atoms with Gasteiger partial charge in [0.05, 0.1) is 6.61 Å². The Hall–Kier alpha value is -3.14. The highest BCUT2D eigenvalue weighted by molar-refractivity contribution is 5.92. The fourth-order valence-corrected chi connectivity index (χ4v) is 3.51. The molecule has 0 heterocycles. The first-order valence-corrected chi connectivity index (χ1v) is 12.2. The minimum atomic E-state index is -1.21. The van der Waals surface area contributed by atoms with E-state index in [1.807, 2.05) is 39.8 Å². The van der Waals surface area contributed by atoms with Gasteiger partial charge in [-0.05, 0) is 65.5 Å². The Bertz CT molecular complexity index is 902. The monoisotopic (exact) mass is 506 g/mol. The van der Waals surface area contributed by atoms with Gasteiger partial charge in [0.1, 0.15) is 17.7 Å². The molecule has 1 aromatic rings. The van der Waals surface area contributed by atoms with E-state index in [-0.39, 0.29) is 19.4 Å². The zero-order chi connectivity index (χ0) is 27.7.